The molecule has 2 aromatic heterocycles. The maximum atomic E-state index is 5.83. The lowest BCUT2D eigenvalue weighted by Gasteiger charge is -2.00. The van der Waals surface area contributed by atoms with E-state index in [1.807, 2.05) is 19.1 Å². The zero-order chi connectivity index (χ0) is 10.8. The number of pyridine rings is 1. The van der Waals surface area contributed by atoms with E-state index >= 15 is 0 Å². The molecule has 2 rings (SSSR count). The third-order valence-electron chi connectivity index (χ3n) is 2.24. The molecule has 80 valence electrons. The average Bonchev–Trinajstić information content (AvgIpc) is 2.56. The normalized spacial score (nSPS) is 13.3. The van der Waals surface area contributed by atoms with Crippen molar-refractivity contribution in [1.82, 2.24) is 4.98 Å². The summed E-state index contributed by atoms with van der Waals surface area (Å²) in [6.07, 6.45) is 2.04. The molecule has 0 spiro atoms. The van der Waals surface area contributed by atoms with Crippen molar-refractivity contribution in [3.63, 3.8) is 0 Å². The molecule has 15 heavy (non-hydrogen) atoms. The minimum absolute atomic E-state index is 0.256. The van der Waals surface area contributed by atoms with Gasteiger partial charge in [-0.25, -0.2) is 4.98 Å². The van der Waals surface area contributed by atoms with E-state index in [9.17, 15) is 0 Å². The van der Waals surface area contributed by atoms with Crippen molar-refractivity contribution in [2.24, 2.45) is 5.73 Å². The summed E-state index contributed by atoms with van der Waals surface area (Å²) in [5.41, 5.74) is 6.72. The van der Waals surface area contributed by atoms with Gasteiger partial charge >= 0.3 is 0 Å². The monoisotopic (exact) mass is 240 g/mol. The van der Waals surface area contributed by atoms with E-state index in [1.165, 1.54) is 9.58 Å². The van der Waals surface area contributed by atoms with Crippen molar-refractivity contribution in [2.45, 2.75) is 25.8 Å². The predicted molar refractivity (Wildman–Crippen MR) is 66.6 cm³/mol. The van der Waals surface area contributed by atoms with Crippen LogP contribution in [0.25, 0.3) is 10.2 Å². The second-order valence-corrected chi connectivity index (χ2v) is 5.30. The van der Waals surface area contributed by atoms with Crippen LogP contribution < -0.4 is 5.73 Å². The van der Waals surface area contributed by atoms with E-state index in [0.29, 0.717) is 5.15 Å². The van der Waals surface area contributed by atoms with Crippen LogP contribution in [0.3, 0.4) is 0 Å². The van der Waals surface area contributed by atoms with Gasteiger partial charge in [0.05, 0.1) is 10.2 Å². The van der Waals surface area contributed by atoms with Crippen LogP contribution in [0.2, 0.25) is 5.15 Å². The lowest BCUT2D eigenvalue weighted by molar-refractivity contribution is 0.670. The van der Waals surface area contributed by atoms with Crippen LogP contribution in [-0.2, 0) is 6.42 Å². The number of nitrogens with zero attached hydrogens (tertiary/aromatic N) is 1. The van der Waals surface area contributed by atoms with Gasteiger partial charge in [0, 0.05) is 10.9 Å². The predicted octanol–water partition coefficient (Wildman–Crippen LogP) is 3.23. The maximum absolute atomic E-state index is 5.83. The lowest BCUT2D eigenvalue weighted by Crippen LogP contribution is -2.14. The number of hydrogen-bond acceptors (Lipinski definition) is 3. The number of rotatable bonds is 3. The standard InChI is InChI=1S/C11H13ClN2S/c1-7(13)2-3-8-6-9-10(15-8)4-5-11(12)14-9/h4-7H,2-3,13H2,1H3/t7-/m1/s1. The molecule has 2 nitrogen and oxygen atoms in total. The Kier molecular flexibility index (Phi) is 3.24. The van der Waals surface area contributed by atoms with Crippen LogP contribution in [-0.4, -0.2) is 11.0 Å². The zero-order valence-corrected chi connectivity index (χ0v) is 10.1. The van der Waals surface area contributed by atoms with E-state index in [1.54, 1.807) is 11.3 Å². The van der Waals surface area contributed by atoms with Crippen molar-refractivity contribution >= 4 is 33.2 Å². The molecular formula is C11H13ClN2S. The molecule has 0 aliphatic carbocycles. The quantitative estimate of drug-likeness (QED) is 0.837. The summed E-state index contributed by atoms with van der Waals surface area (Å²) in [6.45, 7) is 2.03. The highest BCUT2D eigenvalue weighted by Gasteiger charge is 2.04. The maximum Gasteiger partial charge on any atom is 0.129 e. The first-order valence-corrected chi connectivity index (χ1v) is 6.15. The van der Waals surface area contributed by atoms with E-state index in [4.69, 9.17) is 17.3 Å². The molecule has 0 saturated heterocycles. The van der Waals surface area contributed by atoms with E-state index < -0.39 is 0 Å². The van der Waals surface area contributed by atoms with Gasteiger partial charge in [-0.3, -0.25) is 0 Å². The summed E-state index contributed by atoms with van der Waals surface area (Å²) in [6, 6.07) is 6.21. The Labute approximate surface area is 98.1 Å². The van der Waals surface area contributed by atoms with E-state index in [0.717, 1.165) is 18.4 Å². The van der Waals surface area contributed by atoms with E-state index in [-0.39, 0.29) is 6.04 Å². The molecule has 0 saturated carbocycles. The highest BCUT2D eigenvalue weighted by atomic mass is 35.5. The van der Waals surface area contributed by atoms with Gasteiger partial charge in [0.1, 0.15) is 5.15 Å². The molecular weight excluding hydrogens is 228 g/mol. The van der Waals surface area contributed by atoms with Gasteiger partial charge in [0.15, 0.2) is 0 Å². The lowest BCUT2D eigenvalue weighted by atomic mass is 10.2. The molecule has 2 N–H and O–H groups in total. The fourth-order valence-corrected chi connectivity index (χ4v) is 2.62. The Balaban J connectivity index is 2.23. The fraction of sp³-hybridized carbons (Fsp3) is 0.364. The second kappa shape index (κ2) is 4.47. The minimum Gasteiger partial charge on any atom is -0.328 e. The summed E-state index contributed by atoms with van der Waals surface area (Å²) < 4.78 is 1.19. The fourth-order valence-electron chi connectivity index (χ4n) is 1.44. The Morgan fingerprint density at radius 3 is 3.07 bits per heavy atom. The molecule has 0 bridgehead atoms. The van der Waals surface area contributed by atoms with Crippen LogP contribution in [0, 0.1) is 0 Å². The molecule has 0 aliphatic heterocycles. The largest absolute Gasteiger partial charge is 0.328 e. The first-order valence-electron chi connectivity index (χ1n) is 4.95. The van der Waals surface area contributed by atoms with Crippen LogP contribution in [0.5, 0.6) is 0 Å². The van der Waals surface area contributed by atoms with Crippen LogP contribution in [0.1, 0.15) is 18.2 Å². The number of thiophene rings is 1. The van der Waals surface area contributed by atoms with E-state index in [2.05, 4.69) is 11.1 Å². The Morgan fingerprint density at radius 2 is 2.33 bits per heavy atom. The molecule has 0 unspecified atom stereocenters. The van der Waals surface area contributed by atoms with Crippen molar-refractivity contribution in [2.75, 3.05) is 0 Å². The molecule has 0 aliphatic rings. The Hall–Kier alpha value is -0.640. The smallest absolute Gasteiger partial charge is 0.129 e. The number of nitrogens with two attached hydrogens (primary N) is 1. The zero-order valence-electron chi connectivity index (χ0n) is 8.53. The molecule has 4 heteroatoms. The van der Waals surface area contributed by atoms with Crippen LogP contribution >= 0.6 is 22.9 Å². The Morgan fingerprint density at radius 1 is 1.53 bits per heavy atom. The van der Waals surface area contributed by atoms with Gasteiger partial charge in [0.2, 0.25) is 0 Å². The molecule has 1 atom stereocenters. The molecule has 0 fully saturated rings. The number of aromatic nitrogens is 1. The van der Waals surface area contributed by atoms with Crippen LogP contribution in [0.4, 0.5) is 0 Å². The molecule has 2 aromatic rings. The summed E-state index contributed by atoms with van der Waals surface area (Å²) in [7, 11) is 0. The Bertz CT molecular complexity index is 465. The first kappa shape index (κ1) is 10.9. The number of hydrogen-bond donors (Lipinski definition) is 1. The van der Waals surface area contributed by atoms with Gasteiger partial charge in [-0.2, -0.15) is 0 Å². The highest BCUT2D eigenvalue weighted by molar-refractivity contribution is 7.19. The average molecular weight is 241 g/mol. The van der Waals surface area contributed by atoms with Crippen molar-refractivity contribution in [1.29, 1.82) is 0 Å². The number of aryl methyl sites for hydroxylation is 1. The molecule has 0 aromatic carbocycles. The third-order valence-corrected chi connectivity index (χ3v) is 3.60. The van der Waals surface area contributed by atoms with Crippen LogP contribution in [0.15, 0.2) is 18.2 Å². The minimum atomic E-state index is 0.256. The summed E-state index contributed by atoms with van der Waals surface area (Å²) in [5.74, 6) is 0. The highest BCUT2D eigenvalue weighted by Crippen LogP contribution is 2.26. The molecule has 2 heterocycles. The van der Waals surface area contributed by atoms with Gasteiger partial charge < -0.3 is 5.73 Å². The SMILES string of the molecule is C[C@@H](N)CCc1cc2nc(Cl)ccc2s1. The first-order chi connectivity index (χ1) is 7.15. The topological polar surface area (TPSA) is 38.9 Å². The number of halogens is 1. The molecule has 0 amide bonds. The van der Waals surface area contributed by atoms with Crippen molar-refractivity contribution < 1.29 is 0 Å². The summed E-state index contributed by atoms with van der Waals surface area (Å²) in [4.78, 5) is 5.60. The van der Waals surface area contributed by atoms with Gasteiger partial charge in [-0.05, 0) is 38.0 Å². The third kappa shape index (κ3) is 2.68. The summed E-state index contributed by atoms with van der Waals surface area (Å²) in [5, 5.41) is 0.555. The van der Waals surface area contributed by atoms with Gasteiger partial charge in [-0.15, -0.1) is 11.3 Å². The van der Waals surface area contributed by atoms with Crippen molar-refractivity contribution in [3.05, 3.63) is 28.2 Å². The van der Waals surface area contributed by atoms with Gasteiger partial charge in [0.25, 0.3) is 0 Å². The summed E-state index contributed by atoms with van der Waals surface area (Å²) >= 11 is 7.60. The van der Waals surface area contributed by atoms with Gasteiger partial charge in [-0.1, -0.05) is 11.6 Å². The number of fused-ring (bicyclic) bond motifs is 1. The van der Waals surface area contributed by atoms with Crippen molar-refractivity contribution in [3.8, 4) is 0 Å². The molecule has 0 radical (unpaired) electrons. The second-order valence-electron chi connectivity index (χ2n) is 3.75.